The van der Waals surface area contributed by atoms with Crippen LogP contribution >= 0.6 is 0 Å². The Labute approximate surface area is 163 Å². The molecule has 3 aromatic carbocycles. The molecule has 142 valence electrons. The summed E-state index contributed by atoms with van der Waals surface area (Å²) in [6, 6.07) is 27.6. The molecular weight excluding hydrogens is 352 g/mol. The van der Waals surface area contributed by atoms with E-state index in [-0.39, 0.29) is 6.42 Å². The highest BCUT2D eigenvalue weighted by Gasteiger charge is 2.40. The Balaban J connectivity index is 2.27. The molecule has 0 fully saturated rings. The molecule has 4 N–H and O–H groups in total. The Morgan fingerprint density at radius 2 is 1.14 bits per heavy atom. The molecule has 0 saturated heterocycles. The Morgan fingerprint density at radius 3 is 1.43 bits per heavy atom. The van der Waals surface area contributed by atoms with E-state index in [0.29, 0.717) is 0 Å². The van der Waals surface area contributed by atoms with Crippen molar-refractivity contribution in [2.24, 2.45) is 5.73 Å². The zero-order valence-corrected chi connectivity index (χ0v) is 15.3. The molecule has 0 aliphatic heterocycles. The number of rotatable bonds is 8. The van der Waals surface area contributed by atoms with E-state index in [1.54, 1.807) is 0 Å². The number of carboxylic acids is 1. The Kier molecular flexibility index (Phi) is 5.87. The molecule has 0 aromatic heterocycles. The summed E-state index contributed by atoms with van der Waals surface area (Å²) in [5.74, 6) is -1.81. The predicted octanol–water partition coefficient (Wildman–Crippen LogP) is 2.90. The van der Waals surface area contributed by atoms with E-state index in [2.05, 4.69) is 5.32 Å². The minimum absolute atomic E-state index is 0.316. The summed E-state index contributed by atoms with van der Waals surface area (Å²) in [4.78, 5) is 23.5. The smallest absolute Gasteiger partial charge is 0.321 e. The molecular formula is C23H22N2O3. The van der Waals surface area contributed by atoms with E-state index in [0.717, 1.165) is 16.7 Å². The zero-order valence-electron chi connectivity index (χ0n) is 15.3. The predicted molar refractivity (Wildman–Crippen MR) is 108 cm³/mol. The van der Waals surface area contributed by atoms with Crippen molar-refractivity contribution in [3.8, 4) is 0 Å². The summed E-state index contributed by atoms with van der Waals surface area (Å²) in [6.07, 6.45) is -0.316. The van der Waals surface area contributed by atoms with Crippen molar-refractivity contribution < 1.29 is 14.7 Å². The average molecular weight is 374 g/mol. The maximum absolute atomic E-state index is 11.9. The molecule has 3 rings (SSSR count). The molecule has 5 nitrogen and oxygen atoms in total. The number of hydrogen-bond donors (Lipinski definition) is 3. The van der Waals surface area contributed by atoms with Crippen LogP contribution in [0, 0.1) is 0 Å². The number of hydrogen-bond acceptors (Lipinski definition) is 3. The van der Waals surface area contributed by atoms with Crippen LogP contribution in [0.15, 0.2) is 91.0 Å². The molecule has 1 atom stereocenters. The van der Waals surface area contributed by atoms with Gasteiger partial charge in [-0.25, -0.2) is 0 Å². The van der Waals surface area contributed by atoms with Gasteiger partial charge in [0.2, 0.25) is 5.91 Å². The third-order valence-corrected chi connectivity index (χ3v) is 4.71. The second kappa shape index (κ2) is 8.50. The number of benzene rings is 3. The molecule has 0 bridgehead atoms. The van der Waals surface area contributed by atoms with Gasteiger partial charge in [-0.2, -0.15) is 0 Å². The molecule has 5 heteroatoms. The van der Waals surface area contributed by atoms with Gasteiger partial charge in [0.15, 0.2) is 0 Å². The van der Waals surface area contributed by atoms with Crippen LogP contribution in [-0.4, -0.2) is 23.0 Å². The monoisotopic (exact) mass is 374 g/mol. The van der Waals surface area contributed by atoms with Gasteiger partial charge >= 0.3 is 5.97 Å². The highest BCUT2D eigenvalue weighted by Crippen LogP contribution is 2.37. The van der Waals surface area contributed by atoms with E-state index in [1.165, 1.54) is 0 Å². The lowest BCUT2D eigenvalue weighted by Crippen LogP contribution is -2.53. The Bertz CT molecular complexity index is 831. The van der Waals surface area contributed by atoms with Crippen molar-refractivity contribution in [1.82, 2.24) is 5.32 Å². The fraction of sp³-hybridized carbons (Fsp3) is 0.130. The second-order valence-corrected chi connectivity index (χ2v) is 6.55. The minimum Gasteiger partial charge on any atom is -0.480 e. The lowest BCUT2D eigenvalue weighted by atomic mass is 9.76. The van der Waals surface area contributed by atoms with Crippen LogP contribution in [0.5, 0.6) is 0 Å². The van der Waals surface area contributed by atoms with Gasteiger partial charge in [-0.3, -0.25) is 14.9 Å². The van der Waals surface area contributed by atoms with Crippen LogP contribution in [0.4, 0.5) is 0 Å². The van der Waals surface area contributed by atoms with Crippen molar-refractivity contribution in [2.75, 3.05) is 0 Å². The largest absolute Gasteiger partial charge is 0.480 e. The van der Waals surface area contributed by atoms with E-state index >= 15 is 0 Å². The standard InChI is InChI=1S/C23H22N2O3/c24-21(26)16-20(22(27)28)25-23(17-10-4-1-5-11-17,18-12-6-2-7-13-18)19-14-8-3-9-15-19/h1-15,20,25H,16H2,(H2,24,26)(H,27,28)/t20-/m1/s1. The van der Waals surface area contributed by atoms with Crippen LogP contribution in [-0.2, 0) is 15.1 Å². The fourth-order valence-electron chi connectivity index (χ4n) is 3.48. The second-order valence-electron chi connectivity index (χ2n) is 6.55. The number of nitrogens with two attached hydrogens (primary N) is 1. The maximum Gasteiger partial charge on any atom is 0.321 e. The lowest BCUT2D eigenvalue weighted by molar-refractivity contribution is -0.141. The third kappa shape index (κ3) is 3.94. The zero-order chi connectivity index (χ0) is 20.0. The number of aliphatic carboxylic acids is 1. The minimum atomic E-state index is -1.15. The Hall–Kier alpha value is -3.44. The lowest BCUT2D eigenvalue weighted by Gasteiger charge is -2.39. The first-order chi connectivity index (χ1) is 13.5. The summed E-state index contributed by atoms with van der Waals surface area (Å²) >= 11 is 0. The molecule has 0 heterocycles. The summed E-state index contributed by atoms with van der Waals surface area (Å²) in [6.45, 7) is 0. The van der Waals surface area contributed by atoms with Crippen LogP contribution in [0.2, 0.25) is 0 Å². The van der Waals surface area contributed by atoms with E-state index < -0.39 is 23.5 Å². The molecule has 0 spiro atoms. The van der Waals surface area contributed by atoms with E-state index in [9.17, 15) is 14.7 Å². The first-order valence-corrected chi connectivity index (χ1v) is 8.99. The summed E-state index contributed by atoms with van der Waals surface area (Å²) in [5.41, 5.74) is 6.95. The Morgan fingerprint density at radius 1 is 0.786 bits per heavy atom. The van der Waals surface area contributed by atoms with E-state index in [4.69, 9.17) is 5.73 Å². The summed E-state index contributed by atoms with van der Waals surface area (Å²) in [7, 11) is 0. The summed E-state index contributed by atoms with van der Waals surface area (Å²) in [5, 5.41) is 13.0. The van der Waals surface area contributed by atoms with E-state index in [1.807, 2.05) is 91.0 Å². The van der Waals surface area contributed by atoms with Gasteiger partial charge < -0.3 is 10.8 Å². The average Bonchev–Trinajstić information content (AvgIpc) is 2.72. The molecule has 3 aromatic rings. The van der Waals surface area contributed by atoms with Crippen molar-refractivity contribution in [3.63, 3.8) is 0 Å². The van der Waals surface area contributed by atoms with Crippen molar-refractivity contribution in [1.29, 1.82) is 0 Å². The molecule has 0 radical (unpaired) electrons. The molecule has 0 unspecified atom stereocenters. The van der Waals surface area contributed by atoms with Gasteiger partial charge in [-0.15, -0.1) is 0 Å². The maximum atomic E-state index is 11.9. The van der Waals surface area contributed by atoms with Crippen molar-refractivity contribution in [3.05, 3.63) is 108 Å². The molecule has 0 aliphatic rings. The van der Waals surface area contributed by atoms with Gasteiger partial charge in [0.1, 0.15) is 6.04 Å². The number of primary amides is 1. The van der Waals surface area contributed by atoms with Crippen molar-refractivity contribution >= 4 is 11.9 Å². The van der Waals surface area contributed by atoms with Gasteiger partial charge in [0.25, 0.3) is 0 Å². The van der Waals surface area contributed by atoms with Crippen LogP contribution < -0.4 is 11.1 Å². The molecule has 0 saturated carbocycles. The van der Waals surface area contributed by atoms with Crippen LogP contribution in [0.1, 0.15) is 23.1 Å². The number of carbonyl (C=O) groups excluding carboxylic acids is 1. The SMILES string of the molecule is NC(=O)C[C@@H](NC(c1ccccc1)(c1ccccc1)c1ccccc1)C(=O)O. The molecule has 0 aliphatic carbocycles. The quantitative estimate of drug-likeness (QED) is 0.529. The van der Waals surface area contributed by atoms with Crippen molar-refractivity contribution in [2.45, 2.75) is 18.0 Å². The van der Waals surface area contributed by atoms with Gasteiger partial charge in [-0.05, 0) is 16.7 Å². The van der Waals surface area contributed by atoms with Gasteiger partial charge in [0, 0.05) is 0 Å². The number of carboxylic acid groups (broad SMARTS) is 1. The van der Waals surface area contributed by atoms with Gasteiger partial charge in [0.05, 0.1) is 12.0 Å². The van der Waals surface area contributed by atoms with Gasteiger partial charge in [-0.1, -0.05) is 91.0 Å². The number of amides is 1. The van der Waals surface area contributed by atoms with Crippen LogP contribution in [0.25, 0.3) is 0 Å². The highest BCUT2D eigenvalue weighted by atomic mass is 16.4. The topological polar surface area (TPSA) is 92.4 Å². The highest BCUT2D eigenvalue weighted by molar-refractivity contribution is 5.83. The normalized spacial score (nSPS) is 12.3. The summed E-state index contributed by atoms with van der Waals surface area (Å²) < 4.78 is 0. The van der Waals surface area contributed by atoms with Crippen LogP contribution in [0.3, 0.4) is 0 Å². The third-order valence-electron chi connectivity index (χ3n) is 4.71. The number of carbonyl (C=O) groups is 2. The molecule has 1 amide bonds. The first-order valence-electron chi connectivity index (χ1n) is 8.99. The fourth-order valence-corrected chi connectivity index (χ4v) is 3.48. The number of nitrogens with one attached hydrogen (secondary N) is 1. The first kappa shape index (κ1) is 19.3. The molecule has 28 heavy (non-hydrogen) atoms.